The largest absolute Gasteiger partial charge is 0.388 e. The van der Waals surface area contributed by atoms with Crippen molar-refractivity contribution in [3.63, 3.8) is 0 Å². The molecule has 0 spiro atoms. The van der Waals surface area contributed by atoms with Crippen molar-refractivity contribution >= 4 is 0 Å². The summed E-state index contributed by atoms with van der Waals surface area (Å²) in [7, 11) is 0. The van der Waals surface area contributed by atoms with Crippen molar-refractivity contribution in [1.29, 1.82) is 0 Å². The fraction of sp³-hybridized carbons (Fsp3) is 0.455. The minimum atomic E-state index is -0.219. The Morgan fingerprint density at radius 2 is 2.00 bits per heavy atom. The summed E-state index contributed by atoms with van der Waals surface area (Å²) in [6.45, 7) is 0. The molecule has 0 radical (unpaired) electrons. The van der Waals surface area contributed by atoms with Gasteiger partial charge in [-0.1, -0.05) is 30.7 Å². The minimum absolute atomic E-state index is 0.219. The van der Waals surface area contributed by atoms with Crippen LogP contribution in [0.4, 0.5) is 0 Å². The van der Waals surface area contributed by atoms with Gasteiger partial charge in [0.25, 0.3) is 0 Å². The van der Waals surface area contributed by atoms with Crippen molar-refractivity contribution in [3.05, 3.63) is 35.4 Å². The molecule has 0 saturated carbocycles. The average Bonchev–Trinajstić information content (AvgIpc) is 2.29. The third-order valence-corrected chi connectivity index (χ3v) is 2.59. The fourth-order valence-corrected chi connectivity index (χ4v) is 1.90. The van der Waals surface area contributed by atoms with E-state index in [2.05, 4.69) is 12.1 Å². The number of rotatable bonds is 0. The molecular weight excluding hydrogens is 148 g/mol. The van der Waals surface area contributed by atoms with Crippen molar-refractivity contribution in [1.82, 2.24) is 0 Å². The molecule has 1 nitrogen and oxygen atoms in total. The summed E-state index contributed by atoms with van der Waals surface area (Å²) >= 11 is 0. The SMILES string of the molecule is O[C@@H]1CCCCc2ccccc21. The van der Waals surface area contributed by atoms with Crippen LogP contribution in [-0.2, 0) is 6.42 Å². The average molecular weight is 162 g/mol. The van der Waals surface area contributed by atoms with Crippen LogP contribution in [0, 0.1) is 0 Å². The lowest BCUT2D eigenvalue weighted by molar-refractivity contribution is 0.166. The molecule has 1 aliphatic carbocycles. The monoisotopic (exact) mass is 162 g/mol. The van der Waals surface area contributed by atoms with Gasteiger partial charge >= 0.3 is 0 Å². The third kappa shape index (κ3) is 1.37. The molecule has 0 fully saturated rings. The van der Waals surface area contributed by atoms with Crippen LogP contribution in [0.5, 0.6) is 0 Å². The summed E-state index contributed by atoms with van der Waals surface area (Å²) in [4.78, 5) is 0. The van der Waals surface area contributed by atoms with Crippen molar-refractivity contribution in [3.8, 4) is 0 Å². The smallest absolute Gasteiger partial charge is 0.0792 e. The quantitative estimate of drug-likeness (QED) is 0.581. The maximum Gasteiger partial charge on any atom is 0.0792 e. The van der Waals surface area contributed by atoms with E-state index >= 15 is 0 Å². The summed E-state index contributed by atoms with van der Waals surface area (Å²) < 4.78 is 0. The highest BCUT2D eigenvalue weighted by Gasteiger charge is 2.14. The first-order valence-electron chi connectivity index (χ1n) is 4.64. The second kappa shape index (κ2) is 3.28. The van der Waals surface area contributed by atoms with Gasteiger partial charge in [-0.3, -0.25) is 0 Å². The van der Waals surface area contributed by atoms with Crippen molar-refractivity contribution < 1.29 is 5.11 Å². The van der Waals surface area contributed by atoms with Crippen LogP contribution in [0.1, 0.15) is 36.5 Å². The van der Waals surface area contributed by atoms with Gasteiger partial charge < -0.3 is 5.11 Å². The van der Waals surface area contributed by atoms with Crippen LogP contribution in [0.3, 0.4) is 0 Å². The number of aliphatic hydroxyl groups is 1. The molecule has 2 rings (SSSR count). The van der Waals surface area contributed by atoms with Gasteiger partial charge in [0.2, 0.25) is 0 Å². The second-order valence-electron chi connectivity index (χ2n) is 3.46. The molecule has 1 aliphatic rings. The van der Waals surface area contributed by atoms with E-state index in [0.717, 1.165) is 24.8 Å². The first kappa shape index (κ1) is 7.81. The van der Waals surface area contributed by atoms with Crippen LogP contribution in [-0.4, -0.2) is 5.11 Å². The highest BCUT2D eigenvalue weighted by Crippen LogP contribution is 2.27. The molecule has 0 saturated heterocycles. The molecule has 0 unspecified atom stereocenters. The Morgan fingerprint density at radius 1 is 1.17 bits per heavy atom. The maximum atomic E-state index is 9.74. The molecule has 0 aromatic heterocycles. The van der Waals surface area contributed by atoms with E-state index in [4.69, 9.17) is 0 Å². The lowest BCUT2D eigenvalue weighted by atomic mass is 10.0. The second-order valence-corrected chi connectivity index (χ2v) is 3.46. The molecule has 1 heteroatoms. The van der Waals surface area contributed by atoms with Crippen LogP contribution in [0.15, 0.2) is 24.3 Å². The highest BCUT2D eigenvalue weighted by molar-refractivity contribution is 5.29. The summed E-state index contributed by atoms with van der Waals surface area (Å²) in [6, 6.07) is 8.24. The molecule has 64 valence electrons. The van der Waals surface area contributed by atoms with E-state index in [1.54, 1.807) is 0 Å². The summed E-state index contributed by atoms with van der Waals surface area (Å²) in [5, 5.41) is 9.74. The zero-order valence-corrected chi connectivity index (χ0v) is 7.16. The van der Waals surface area contributed by atoms with Crippen molar-refractivity contribution in [2.75, 3.05) is 0 Å². The number of hydrogen-bond acceptors (Lipinski definition) is 1. The molecule has 1 N–H and O–H groups in total. The molecule has 0 amide bonds. The minimum Gasteiger partial charge on any atom is -0.388 e. The lowest BCUT2D eigenvalue weighted by Gasteiger charge is -2.10. The Hall–Kier alpha value is -0.820. The topological polar surface area (TPSA) is 20.2 Å². The first-order valence-corrected chi connectivity index (χ1v) is 4.64. The Morgan fingerprint density at radius 3 is 2.92 bits per heavy atom. The molecule has 0 heterocycles. The summed E-state index contributed by atoms with van der Waals surface area (Å²) in [5.74, 6) is 0. The van der Waals surface area contributed by atoms with Gasteiger partial charge in [0, 0.05) is 0 Å². The Labute approximate surface area is 73.0 Å². The predicted molar refractivity (Wildman–Crippen MR) is 49.0 cm³/mol. The van der Waals surface area contributed by atoms with Gasteiger partial charge in [-0.15, -0.1) is 0 Å². The van der Waals surface area contributed by atoms with Crippen LogP contribution in [0.2, 0.25) is 0 Å². The molecular formula is C11H14O. The Bertz CT molecular complexity index is 267. The number of aliphatic hydroxyl groups excluding tert-OH is 1. The van der Waals surface area contributed by atoms with E-state index in [0.29, 0.717) is 0 Å². The maximum absolute atomic E-state index is 9.74. The zero-order valence-electron chi connectivity index (χ0n) is 7.16. The Kier molecular flexibility index (Phi) is 2.13. The molecule has 12 heavy (non-hydrogen) atoms. The van der Waals surface area contributed by atoms with Gasteiger partial charge in [-0.2, -0.15) is 0 Å². The van der Waals surface area contributed by atoms with Gasteiger partial charge in [0.1, 0.15) is 0 Å². The van der Waals surface area contributed by atoms with E-state index in [-0.39, 0.29) is 6.10 Å². The molecule has 1 aromatic rings. The van der Waals surface area contributed by atoms with E-state index in [1.165, 1.54) is 12.0 Å². The van der Waals surface area contributed by atoms with Crippen LogP contribution in [0.25, 0.3) is 0 Å². The van der Waals surface area contributed by atoms with Crippen LogP contribution >= 0.6 is 0 Å². The predicted octanol–water partition coefficient (Wildman–Crippen LogP) is 2.45. The van der Waals surface area contributed by atoms with E-state index in [9.17, 15) is 5.11 Å². The zero-order chi connectivity index (χ0) is 8.39. The standard InChI is InChI=1S/C11H14O/c12-11-8-4-2-6-9-5-1-3-7-10(9)11/h1,3,5,7,11-12H,2,4,6,8H2/t11-/m1/s1. The molecule has 0 aliphatic heterocycles. The summed E-state index contributed by atoms with van der Waals surface area (Å²) in [6.07, 6.45) is 4.21. The number of hydrogen-bond donors (Lipinski definition) is 1. The highest BCUT2D eigenvalue weighted by atomic mass is 16.3. The van der Waals surface area contributed by atoms with E-state index in [1.807, 2.05) is 12.1 Å². The number of benzene rings is 1. The Balaban J connectivity index is 2.39. The number of fused-ring (bicyclic) bond motifs is 1. The first-order chi connectivity index (χ1) is 5.88. The van der Waals surface area contributed by atoms with Gasteiger partial charge in [-0.25, -0.2) is 0 Å². The molecule has 1 aromatic carbocycles. The summed E-state index contributed by atoms with van der Waals surface area (Å²) in [5.41, 5.74) is 2.48. The van der Waals surface area contributed by atoms with Gasteiger partial charge in [0.15, 0.2) is 0 Å². The molecule has 0 bridgehead atoms. The number of aryl methyl sites for hydroxylation is 1. The normalized spacial score (nSPS) is 22.9. The lowest BCUT2D eigenvalue weighted by Crippen LogP contribution is -1.97. The van der Waals surface area contributed by atoms with E-state index < -0.39 is 0 Å². The fourth-order valence-electron chi connectivity index (χ4n) is 1.90. The van der Waals surface area contributed by atoms with Crippen molar-refractivity contribution in [2.24, 2.45) is 0 Å². The van der Waals surface area contributed by atoms with Crippen molar-refractivity contribution in [2.45, 2.75) is 31.8 Å². The molecule has 1 atom stereocenters. The van der Waals surface area contributed by atoms with Gasteiger partial charge in [0.05, 0.1) is 6.10 Å². The van der Waals surface area contributed by atoms with Gasteiger partial charge in [-0.05, 0) is 30.4 Å². The van der Waals surface area contributed by atoms with Crippen LogP contribution < -0.4 is 0 Å². The third-order valence-electron chi connectivity index (χ3n) is 2.59.